The largest absolute Gasteiger partial charge is 0.481 e. The number of aryl methyl sites for hydroxylation is 1. The molecule has 0 radical (unpaired) electrons. The first kappa shape index (κ1) is 19.2. The number of aromatic nitrogens is 4. The number of carboxylic acids is 1. The van der Waals surface area contributed by atoms with Crippen molar-refractivity contribution in [2.24, 2.45) is 0 Å². The molecule has 0 fully saturated rings. The zero-order chi connectivity index (χ0) is 20.1. The Hall–Kier alpha value is -3.55. The molecule has 0 spiro atoms. The summed E-state index contributed by atoms with van der Waals surface area (Å²) in [5.41, 5.74) is 1.30. The van der Waals surface area contributed by atoms with E-state index >= 15 is 0 Å². The van der Waals surface area contributed by atoms with Gasteiger partial charge in [0.15, 0.2) is 0 Å². The maximum absolute atomic E-state index is 12.3. The molecule has 1 atom stereocenters. The van der Waals surface area contributed by atoms with Crippen molar-refractivity contribution in [1.29, 1.82) is 0 Å². The van der Waals surface area contributed by atoms with Crippen LogP contribution >= 0.6 is 0 Å². The Kier molecular flexibility index (Phi) is 5.49. The quantitative estimate of drug-likeness (QED) is 0.648. The number of hydrogen-bond acceptors (Lipinski definition) is 5. The van der Waals surface area contributed by atoms with Crippen molar-refractivity contribution in [3.8, 4) is 11.4 Å². The van der Waals surface area contributed by atoms with Crippen molar-refractivity contribution in [3.63, 3.8) is 0 Å². The Morgan fingerprint density at radius 2 is 1.79 bits per heavy atom. The van der Waals surface area contributed by atoms with Gasteiger partial charge in [-0.25, -0.2) is 0 Å². The van der Waals surface area contributed by atoms with E-state index in [2.05, 4.69) is 20.7 Å². The molecule has 1 amide bonds. The lowest BCUT2D eigenvalue weighted by atomic mass is 9.82. The number of carbonyl (C=O) groups excluding carboxylic acids is 1. The SMILES string of the molecule is Cc1ccc(-c2nnn(CC(=O)NCC(C)(C(=O)O)c3ccccc3)n2)cc1. The van der Waals surface area contributed by atoms with Crippen LogP contribution in [0.3, 0.4) is 0 Å². The minimum atomic E-state index is -1.24. The third kappa shape index (κ3) is 4.22. The average molecular weight is 379 g/mol. The number of nitrogens with one attached hydrogen (secondary N) is 1. The molecular formula is C20H21N5O3. The summed E-state index contributed by atoms with van der Waals surface area (Å²) < 4.78 is 0. The molecule has 144 valence electrons. The number of tetrazole rings is 1. The van der Waals surface area contributed by atoms with Gasteiger partial charge in [-0.05, 0) is 24.6 Å². The summed E-state index contributed by atoms with van der Waals surface area (Å²) in [6.07, 6.45) is 0. The Labute approximate surface area is 162 Å². The highest BCUT2D eigenvalue weighted by atomic mass is 16.4. The van der Waals surface area contributed by atoms with E-state index in [9.17, 15) is 14.7 Å². The zero-order valence-electron chi connectivity index (χ0n) is 15.7. The first-order chi connectivity index (χ1) is 13.4. The number of carbonyl (C=O) groups is 2. The first-order valence-electron chi connectivity index (χ1n) is 8.79. The van der Waals surface area contributed by atoms with Crippen molar-refractivity contribution < 1.29 is 14.7 Å². The summed E-state index contributed by atoms with van der Waals surface area (Å²) in [4.78, 5) is 25.2. The Balaban J connectivity index is 1.64. The van der Waals surface area contributed by atoms with Crippen LogP contribution in [0, 0.1) is 6.92 Å². The second kappa shape index (κ2) is 7.99. The van der Waals surface area contributed by atoms with Crippen LogP contribution in [0.5, 0.6) is 0 Å². The molecule has 2 N–H and O–H groups in total. The van der Waals surface area contributed by atoms with E-state index in [0.717, 1.165) is 11.1 Å². The molecule has 1 aromatic heterocycles. The fourth-order valence-electron chi connectivity index (χ4n) is 2.70. The molecule has 1 heterocycles. The highest BCUT2D eigenvalue weighted by molar-refractivity contribution is 5.83. The summed E-state index contributed by atoms with van der Waals surface area (Å²) in [6.45, 7) is 3.36. The topological polar surface area (TPSA) is 110 Å². The van der Waals surface area contributed by atoms with E-state index in [1.165, 1.54) is 4.80 Å². The lowest BCUT2D eigenvalue weighted by molar-refractivity contribution is -0.143. The second-order valence-electron chi connectivity index (χ2n) is 6.79. The molecule has 28 heavy (non-hydrogen) atoms. The fourth-order valence-corrected chi connectivity index (χ4v) is 2.70. The number of hydrogen-bond donors (Lipinski definition) is 2. The Morgan fingerprint density at radius 1 is 1.11 bits per heavy atom. The number of nitrogens with zero attached hydrogens (tertiary/aromatic N) is 4. The third-order valence-electron chi connectivity index (χ3n) is 4.57. The van der Waals surface area contributed by atoms with Gasteiger partial charge in [0.25, 0.3) is 0 Å². The van der Waals surface area contributed by atoms with E-state index in [-0.39, 0.29) is 13.1 Å². The number of carboxylic acid groups (broad SMARTS) is 1. The van der Waals surface area contributed by atoms with Crippen LogP contribution in [0.4, 0.5) is 0 Å². The summed E-state index contributed by atoms with van der Waals surface area (Å²) in [6, 6.07) is 16.5. The van der Waals surface area contributed by atoms with Gasteiger partial charge in [-0.15, -0.1) is 10.2 Å². The molecular weight excluding hydrogens is 358 g/mol. The molecule has 8 nitrogen and oxygen atoms in total. The summed E-state index contributed by atoms with van der Waals surface area (Å²) in [5, 5.41) is 24.4. The van der Waals surface area contributed by atoms with Gasteiger partial charge in [0.05, 0.1) is 0 Å². The number of amides is 1. The normalized spacial score (nSPS) is 12.9. The molecule has 3 rings (SSSR count). The molecule has 2 aromatic carbocycles. The zero-order valence-corrected chi connectivity index (χ0v) is 15.7. The molecule has 0 aliphatic heterocycles. The van der Waals surface area contributed by atoms with Crippen molar-refractivity contribution >= 4 is 11.9 Å². The van der Waals surface area contributed by atoms with Crippen LogP contribution in [-0.2, 0) is 21.5 Å². The van der Waals surface area contributed by atoms with Gasteiger partial charge >= 0.3 is 5.97 Å². The minimum absolute atomic E-state index is 0.0509. The molecule has 0 saturated heterocycles. The van der Waals surface area contributed by atoms with E-state index in [1.807, 2.05) is 37.3 Å². The predicted octanol–water partition coefficient (Wildman–Crippen LogP) is 1.81. The van der Waals surface area contributed by atoms with Gasteiger partial charge in [-0.1, -0.05) is 60.2 Å². The van der Waals surface area contributed by atoms with Gasteiger partial charge in [0, 0.05) is 12.1 Å². The smallest absolute Gasteiger partial charge is 0.315 e. The molecule has 0 aliphatic rings. The summed E-state index contributed by atoms with van der Waals surface area (Å²) in [5.74, 6) is -0.983. The monoisotopic (exact) mass is 379 g/mol. The Bertz CT molecular complexity index is 969. The highest BCUT2D eigenvalue weighted by Crippen LogP contribution is 2.23. The van der Waals surface area contributed by atoms with Gasteiger partial charge in [-0.3, -0.25) is 9.59 Å². The lowest BCUT2D eigenvalue weighted by Gasteiger charge is -2.25. The van der Waals surface area contributed by atoms with Crippen LogP contribution < -0.4 is 5.32 Å². The Morgan fingerprint density at radius 3 is 2.43 bits per heavy atom. The standard InChI is InChI=1S/C20H21N5O3/c1-14-8-10-15(11-9-14)18-22-24-25(23-18)12-17(26)21-13-20(2,19(27)28)16-6-4-3-5-7-16/h3-11H,12-13H2,1-2H3,(H,21,26)(H,27,28). The van der Waals surface area contributed by atoms with Gasteiger partial charge in [0.2, 0.25) is 11.7 Å². The molecule has 0 saturated carbocycles. The fraction of sp³-hybridized carbons (Fsp3) is 0.250. The van der Waals surface area contributed by atoms with Crippen LogP contribution in [0.15, 0.2) is 54.6 Å². The number of aliphatic carboxylic acids is 1. The van der Waals surface area contributed by atoms with Gasteiger partial charge in [0.1, 0.15) is 12.0 Å². The number of benzene rings is 2. The molecule has 8 heteroatoms. The van der Waals surface area contributed by atoms with Crippen molar-refractivity contribution in [3.05, 3.63) is 65.7 Å². The van der Waals surface area contributed by atoms with E-state index in [1.54, 1.807) is 31.2 Å². The maximum atomic E-state index is 12.3. The predicted molar refractivity (Wildman–Crippen MR) is 102 cm³/mol. The van der Waals surface area contributed by atoms with Crippen molar-refractivity contribution in [2.45, 2.75) is 25.8 Å². The van der Waals surface area contributed by atoms with Crippen molar-refractivity contribution in [1.82, 2.24) is 25.5 Å². The molecule has 1 unspecified atom stereocenters. The summed E-state index contributed by atoms with van der Waals surface area (Å²) >= 11 is 0. The molecule has 3 aromatic rings. The average Bonchev–Trinajstić information content (AvgIpc) is 3.15. The second-order valence-corrected chi connectivity index (χ2v) is 6.79. The van der Waals surface area contributed by atoms with Crippen molar-refractivity contribution in [2.75, 3.05) is 6.54 Å². The minimum Gasteiger partial charge on any atom is -0.481 e. The van der Waals surface area contributed by atoms with Gasteiger partial charge < -0.3 is 10.4 Å². The van der Waals surface area contributed by atoms with E-state index < -0.39 is 17.3 Å². The van der Waals surface area contributed by atoms with Crippen LogP contribution in [-0.4, -0.2) is 43.7 Å². The van der Waals surface area contributed by atoms with Gasteiger partial charge in [-0.2, -0.15) is 4.80 Å². The molecule has 0 aliphatic carbocycles. The first-order valence-corrected chi connectivity index (χ1v) is 8.79. The summed E-state index contributed by atoms with van der Waals surface area (Å²) in [7, 11) is 0. The van der Waals surface area contributed by atoms with Crippen LogP contribution in [0.1, 0.15) is 18.1 Å². The highest BCUT2D eigenvalue weighted by Gasteiger charge is 2.35. The van der Waals surface area contributed by atoms with E-state index in [0.29, 0.717) is 11.4 Å². The van der Waals surface area contributed by atoms with Crippen LogP contribution in [0.25, 0.3) is 11.4 Å². The lowest BCUT2D eigenvalue weighted by Crippen LogP contribution is -2.45. The van der Waals surface area contributed by atoms with Crippen LogP contribution in [0.2, 0.25) is 0 Å². The maximum Gasteiger partial charge on any atom is 0.315 e. The number of rotatable bonds is 7. The third-order valence-corrected chi connectivity index (χ3v) is 4.57. The molecule has 0 bridgehead atoms. The van der Waals surface area contributed by atoms with E-state index in [4.69, 9.17) is 0 Å².